The Bertz CT molecular complexity index is 718. The molecule has 25 heavy (non-hydrogen) atoms. The van der Waals surface area contributed by atoms with Crippen LogP contribution in [0.4, 0.5) is 16.2 Å². The summed E-state index contributed by atoms with van der Waals surface area (Å²) in [6.07, 6.45) is 0.730. The van der Waals surface area contributed by atoms with Gasteiger partial charge in [-0.05, 0) is 30.3 Å². The molecule has 0 aliphatic rings. The fourth-order valence-corrected chi connectivity index (χ4v) is 2.13. The number of anilines is 2. The van der Waals surface area contributed by atoms with Crippen LogP contribution in [0.1, 0.15) is 24.2 Å². The van der Waals surface area contributed by atoms with Crippen LogP contribution in [0.25, 0.3) is 0 Å². The number of carbonyl (C=O) groups excluding carboxylic acids is 2. The molecule has 0 atom stereocenters. The zero-order valence-electron chi connectivity index (χ0n) is 14.6. The van der Waals surface area contributed by atoms with Crippen molar-refractivity contribution in [3.8, 4) is 11.5 Å². The number of rotatable bonds is 5. The lowest BCUT2D eigenvalue weighted by Crippen LogP contribution is -2.19. The number of methoxy groups -OCH3 is 2. The molecule has 2 N–H and O–H groups in total. The Labute approximate surface area is 152 Å². The predicted molar refractivity (Wildman–Crippen MR) is 100 cm³/mol. The van der Waals surface area contributed by atoms with Crippen molar-refractivity contribution >= 4 is 35.3 Å². The first-order chi connectivity index (χ1) is 12.1. The van der Waals surface area contributed by atoms with E-state index in [2.05, 4.69) is 10.6 Å². The Morgan fingerprint density at radius 1 is 1.00 bits per heavy atom. The van der Waals surface area contributed by atoms with Gasteiger partial charge in [-0.3, -0.25) is 4.79 Å². The molecule has 0 heterocycles. The number of ether oxygens (including phenoxy) is 2. The third kappa shape index (κ3) is 5.69. The van der Waals surface area contributed by atoms with E-state index in [1.54, 1.807) is 30.3 Å². The number of halogens is 1. The molecule has 0 aromatic heterocycles. The number of hydrogen-bond donors (Lipinski definition) is 2. The van der Waals surface area contributed by atoms with Crippen LogP contribution in [0.3, 0.4) is 0 Å². The highest BCUT2D eigenvalue weighted by atomic mass is 35.5. The summed E-state index contributed by atoms with van der Waals surface area (Å²) in [5.74, 6) is 0.858. The molecule has 0 spiro atoms. The molecule has 0 aliphatic carbocycles. The van der Waals surface area contributed by atoms with Gasteiger partial charge in [-0.25, -0.2) is 4.79 Å². The van der Waals surface area contributed by atoms with E-state index in [0.29, 0.717) is 33.5 Å². The minimum atomic E-state index is -0.469. The lowest BCUT2D eigenvalue weighted by atomic mass is 10.2. The molecule has 2 rings (SSSR count). The summed E-state index contributed by atoms with van der Waals surface area (Å²) in [5, 5.41) is 5.64. The Hall–Kier alpha value is -2.73. The highest BCUT2D eigenvalue weighted by Crippen LogP contribution is 2.35. The molecule has 0 fully saturated rings. The molecule has 2 aromatic rings. The van der Waals surface area contributed by atoms with E-state index in [1.807, 2.05) is 13.8 Å². The summed E-state index contributed by atoms with van der Waals surface area (Å²) in [5.41, 5.74) is 1.48. The zero-order valence-corrected chi connectivity index (χ0v) is 15.3. The smallest absolute Gasteiger partial charge is 0.323 e. The average molecular weight is 365 g/mol. The van der Waals surface area contributed by atoms with Crippen molar-refractivity contribution in [3.63, 3.8) is 0 Å². The Balaban J connectivity index is 0.00000151. The van der Waals surface area contributed by atoms with E-state index in [-0.39, 0.29) is 0 Å². The van der Waals surface area contributed by atoms with Crippen molar-refractivity contribution in [2.24, 2.45) is 0 Å². The average Bonchev–Trinajstić information content (AvgIpc) is 2.64. The maximum absolute atomic E-state index is 12.0. The van der Waals surface area contributed by atoms with Crippen LogP contribution in [0.15, 0.2) is 36.4 Å². The van der Waals surface area contributed by atoms with E-state index in [1.165, 1.54) is 20.3 Å². The van der Waals surface area contributed by atoms with Gasteiger partial charge in [0.1, 0.15) is 17.8 Å². The maximum atomic E-state index is 12.0. The van der Waals surface area contributed by atoms with Crippen LogP contribution in [-0.2, 0) is 0 Å². The molecule has 0 unspecified atom stereocenters. The second-order valence-corrected chi connectivity index (χ2v) is 4.91. The molecular weight excluding hydrogens is 344 g/mol. The van der Waals surface area contributed by atoms with Crippen LogP contribution in [-0.4, -0.2) is 26.5 Å². The monoisotopic (exact) mass is 364 g/mol. The van der Waals surface area contributed by atoms with E-state index < -0.39 is 6.03 Å². The van der Waals surface area contributed by atoms with Crippen molar-refractivity contribution in [1.82, 2.24) is 0 Å². The van der Waals surface area contributed by atoms with E-state index in [4.69, 9.17) is 21.1 Å². The van der Waals surface area contributed by atoms with Gasteiger partial charge < -0.3 is 20.1 Å². The highest BCUT2D eigenvalue weighted by Gasteiger charge is 2.12. The standard InChI is InChI=1S/C16H15ClN2O4.C2H6/c1-22-14-8-15(23-2)13(7-12(14)17)19-16(21)18-11-5-3-10(9-20)4-6-11;1-2/h3-9H,1-2H3,(H2,18,19,21);1-2H3. The van der Waals surface area contributed by atoms with E-state index in [0.717, 1.165) is 6.29 Å². The first-order valence-electron chi connectivity index (χ1n) is 7.62. The number of aldehydes is 1. The number of urea groups is 1. The molecule has 0 radical (unpaired) electrons. The molecule has 2 aromatic carbocycles. The number of nitrogens with one attached hydrogen (secondary N) is 2. The molecule has 6 nitrogen and oxygen atoms in total. The van der Waals surface area contributed by atoms with Crippen LogP contribution in [0.5, 0.6) is 11.5 Å². The lowest BCUT2D eigenvalue weighted by molar-refractivity contribution is 0.112. The molecule has 0 saturated carbocycles. The van der Waals surface area contributed by atoms with Gasteiger partial charge in [0, 0.05) is 17.3 Å². The van der Waals surface area contributed by atoms with E-state index >= 15 is 0 Å². The lowest BCUT2D eigenvalue weighted by Gasteiger charge is -2.13. The normalized spacial score (nSPS) is 9.32. The highest BCUT2D eigenvalue weighted by molar-refractivity contribution is 6.32. The minimum absolute atomic E-state index is 0.346. The molecular formula is C18H21ClN2O4. The van der Waals surface area contributed by atoms with Crippen molar-refractivity contribution in [2.75, 3.05) is 24.9 Å². The number of amides is 2. The SMILES string of the molecule is CC.COc1cc(OC)c(NC(=O)Nc2ccc(C=O)cc2)cc1Cl. The van der Waals surface area contributed by atoms with Gasteiger partial charge in [-0.15, -0.1) is 0 Å². The second kappa shape index (κ2) is 10.2. The van der Waals surface area contributed by atoms with Gasteiger partial charge in [-0.1, -0.05) is 25.4 Å². The predicted octanol–water partition coefficient (Wildman–Crippen LogP) is 4.84. The first-order valence-corrected chi connectivity index (χ1v) is 8.00. The van der Waals surface area contributed by atoms with Crippen LogP contribution in [0.2, 0.25) is 5.02 Å². The van der Waals surface area contributed by atoms with Gasteiger partial charge in [0.2, 0.25) is 0 Å². The largest absolute Gasteiger partial charge is 0.495 e. The number of benzene rings is 2. The van der Waals surface area contributed by atoms with Gasteiger partial charge >= 0.3 is 6.03 Å². The Morgan fingerprint density at radius 2 is 1.60 bits per heavy atom. The van der Waals surface area contributed by atoms with Gasteiger partial charge in [0.15, 0.2) is 0 Å². The van der Waals surface area contributed by atoms with Crippen molar-refractivity contribution in [3.05, 3.63) is 47.0 Å². The molecule has 2 amide bonds. The summed E-state index contributed by atoms with van der Waals surface area (Å²) >= 11 is 6.05. The maximum Gasteiger partial charge on any atom is 0.323 e. The zero-order chi connectivity index (χ0) is 18.8. The summed E-state index contributed by atoms with van der Waals surface area (Å²) in [6.45, 7) is 4.00. The number of carbonyl (C=O) groups is 2. The van der Waals surface area contributed by atoms with Gasteiger partial charge in [-0.2, -0.15) is 0 Å². The molecule has 0 saturated heterocycles. The summed E-state index contributed by atoms with van der Waals surface area (Å²) < 4.78 is 10.3. The number of hydrogen-bond acceptors (Lipinski definition) is 4. The van der Waals surface area contributed by atoms with Crippen LogP contribution in [0, 0.1) is 0 Å². The fourth-order valence-electron chi connectivity index (χ4n) is 1.89. The van der Waals surface area contributed by atoms with Crippen molar-refractivity contribution < 1.29 is 19.1 Å². The first kappa shape index (κ1) is 20.3. The third-order valence-electron chi connectivity index (χ3n) is 3.03. The third-order valence-corrected chi connectivity index (χ3v) is 3.32. The van der Waals surface area contributed by atoms with Gasteiger partial charge in [0.25, 0.3) is 0 Å². The van der Waals surface area contributed by atoms with Crippen molar-refractivity contribution in [2.45, 2.75) is 13.8 Å². The molecule has 0 aliphatic heterocycles. The topological polar surface area (TPSA) is 76.7 Å². The second-order valence-electron chi connectivity index (χ2n) is 4.51. The molecule has 0 bridgehead atoms. The summed E-state index contributed by atoms with van der Waals surface area (Å²) in [7, 11) is 2.97. The van der Waals surface area contributed by atoms with Crippen LogP contribution >= 0.6 is 11.6 Å². The summed E-state index contributed by atoms with van der Waals surface area (Å²) in [6, 6.07) is 9.11. The summed E-state index contributed by atoms with van der Waals surface area (Å²) in [4.78, 5) is 22.6. The van der Waals surface area contributed by atoms with E-state index in [9.17, 15) is 9.59 Å². The Morgan fingerprint density at radius 3 is 2.12 bits per heavy atom. The Kier molecular flexibility index (Phi) is 8.29. The molecule has 134 valence electrons. The minimum Gasteiger partial charge on any atom is -0.495 e. The van der Waals surface area contributed by atoms with Crippen LogP contribution < -0.4 is 20.1 Å². The fraction of sp³-hybridized carbons (Fsp3) is 0.222. The van der Waals surface area contributed by atoms with Gasteiger partial charge in [0.05, 0.1) is 24.9 Å². The van der Waals surface area contributed by atoms with Crippen molar-refractivity contribution in [1.29, 1.82) is 0 Å². The quantitative estimate of drug-likeness (QED) is 0.744. The molecule has 7 heteroatoms.